The predicted molar refractivity (Wildman–Crippen MR) is 59.1 cm³/mol. The lowest BCUT2D eigenvalue weighted by molar-refractivity contribution is -0.134. The summed E-state index contributed by atoms with van der Waals surface area (Å²) < 4.78 is 9.40. The average Bonchev–Trinajstić information content (AvgIpc) is 2.16. The molecule has 0 unspecified atom stereocenters. The summed E-state index contributed by atoms with van der Waals surface area (Å²) in [4.78, 5) is 22.3. The molecule has 0 fully saturated rings. The molecule has 0 aliphatic carbocycles. The van der Waals surface area contributed by atoms with Gasteiger partial charge in [0.05, 0.1) is 6.61 Å². The molecule has 0 rings (SSSR count). The summed E-state index contributed by atoms with van der Waals surface area (Å²) in [6.07, 6.45) is -0.852. The van der Waals surface area contributed by atoms with Gasteiger partial charge in [0.1, 0.15) is 11.7 Å². The Morgan fingerprint density at radius 3 is 2.41 bits per heavy atom. The molecule has 1 N–H and O–H groups in total. The largest absolute Gasteiger partial charge is 0.461 e. The van der Waals surface area contributed by atoms with E-state index in [4.69, 9.17) is 10.00 Å². The van der Waals surface area contributed by atoms with Gasteiger partial charge in [-0.15, -0.1) is 0 Å². The van der Waals surface area contributed by atoms with Crippen LogP contribution in [0.25, 0.3) is 0 Å². The molecule has 0 radical (unpaired) electrons. The highest BCUT2D eigenvalue weighted by atomic mass is 16.6. The van der Waals surface area contributed by atoms with Crippen molar-refractivity contribution in [3.63, 3.8) is 0 Å². The molecule has 0 aliphatic heterocycles. The van der Waals surface area contributed by atoms with Crippen molar-refractivity contribution in [2.75, 3.05) is 6.61 Å². The van der Waals surface area contributed by atoms with Gasteiger partial charge in [-0.3, -0.25) is 0 Å². The summed E-state index contributed by atoms with van der Waals surface area (Å²) in [6, 6.07) is 1.51. The van der Waals surface area contributed by atoms with Crippen molar-refractivity contribution in [3.05, 3.63) is 0 Å². The number of carbonyl (C=O) groups is 2. The zero-order valence-electron chi connectivity index (χ0n) is 10.2. The molecule has 0 aromatic rings. The Morgan fingerprint density at radius 2 is 2.00 bits per heavy atom. The highest BCUT2D eigenvalue weighted by Gasteiger charge is 2.17. The fraction of sp³-hybridized carbons (Fsp3) is 0.600. The minimum atomic E-state index is -0.897. The average molecular weight is 241 g/mol. The van der Waals surface area contributed by atoms with Gasteiger partial charge in [0.2, 0.25) is 5.71 Å². The van der Waals surface area contributed by atoms with Gasteiger partial charge in [-0.05, 0) is 27.7 Å². The highest BCUT2D eigenvalue weighted by Crippen LogP contribution is 2.06. The van der Waals surface area contributed by atoms with Crippen molar-refractivity contribution in [1.82, 2.24) is 5.43 Å². The SMILES string of the molecule is CCOC(=O)/C(C#N)=N\NC(=O)OC(C)(C)C. The van der Waals surface area contributed by atoms with Gasteiger partial charge in [0.25, 0.3) is 0 Å². The first-order valence-corrected chi connectivity index (χ1v) is 4.94. The molecular weight excluding hydrogens is 226 g/mol. The fourth-order valence-electron chi connectivity index (χ4n) is 0.718. The summed E-state index contributed by atoms with van der Waals surface area (Å²) in [5.74, 6) is -0.897. The van der Waals surface area contributed by atoms with E-state index < -0.39 is 23.4 Å². The molecular formula is C10H15N3O4. The standard InChI is InChI=1S/C10H15N3O4/c1-5-16-8(14)7(6-11)12-13-9(15)17-10(2,3)4/h5H2,1-4H3,(H,13,15)/b12-7-. The molecule has 0 aromatic carbocycles. The lowest BCUT2D eigenvalue weighted by Crippen LogP contribution is -2.31. The molecule has 0 aliphatic rings. The Balaban J connectivity index is 4.44. The predicted octanol–water partition coefficient (Wildman–Crippen LogP) is 0.954. The third-order valence-electron chi connectivity index (χ3n) is 1.23. The summed E-state index contributed by atoms with van der Waals surface area (Å²) in [6.45, 7) is 6.73. The van der Waals surface area contributed by atoms with Crippen LogP contribution < -0.4 is 5.43 Å². The van der Waals surface area contributed by atoms with Crippen LogP contribution in [0.15, 0.2) is 5.10 Å². The van der Waals surface area contributed by atoms with E-state index in [0.29, 0.717) is 0 Å². The number of hydrogen-bond donors (Lipinski definition) is 1. The van der Waals surface area contributed by atoms with E-state index in [2.05, 4.69) is 9.84 Å². The Morgan fingerprint density at radius 1 is 1.41 bits per heavy atom. The monoisotopic (exact) mass is 241 g/mol. The van der Waals surface area contributed by atoms with Crippen LogP contribution in [0.2, 0.25) is 0 Å². The summed E-state index contributed by atoms with van der Waals surface area (Å²) in [5, 5.41) is 11.9. The van der Waals surface area contributed by atoms with E-state index in [0.717, 1.165) is 0 Å². The molecule has 0 spiro atoms. The first-order chi connectivity index (χ1) is 7.80. The Labute approximate surface area is 99.4 Å². The van der Waals surface area contributed by atoms with Crippen molar-refractivity contribution in [2.45, 2.75) is 33.3 Å². The second kappa shape index (κ2) is 6.48. The number of nitrogens with zero attached hydrogens (tertiary/aromatic N) is 2. The van der Waals surface area contributed by atoms with Crippen LogP contribution in [0, 0.1) is 11.3 Å². The van der Waals surface area contributed by atoms with Crippen molar-refractivity contribution in [2.24, 2.45) is 5.10 Å². The number of carbonyl (C=O) groups excluding carboxylic acids is 2. The Hall–Kier alpha value is -2.10. The first kappa shape index (κ1) is 14.9. The van der Waals surface area contributed by atoms with Gasteiger partial charge < -0.3 is 9.47 Å². The molecule has 1 amide bonds. The molecule has 7 heteroatoms. The van der Waals surface area contributed by atoms with Crippen LogP contribution >= 0.6 is 0 Å². The molecule has 0 atom stereocenters. The number of esters is 1. The fourth-order valence-corrected chi connectivity index (χ4v) is 0.718. The van der Waals surface area contributed by atoms with Crippen LogP contribution in [0.1, 0.15) is 27.7 Å². The summed E-state index contributed by atoms with van der Waals surface area (Å²) in [5.41, 5.74) is 0.705. The van der Waals surface area contributed by atoms with Crippen molar-refractivity contribution in [1.29, 1.82) is 5.26 Å². The van der Waals surface area contributed by atoms with Crippen molar-refractivity contribution < 1.29 is 19.1 Å². The molecule has 94 valence electrons. The van der Waals surface area contributed by atoms with E-state index in [1.165, 1.54) is 6.07 Å². The van der Waals surface area contributed by atoms with Crippen molar-refractivity contribution in [3.8, 4) is 6.07 Å². The minimum absolute atomic E-state index is 0.117. The molecule has 0 heterocycles. The van der Waals surface area contributed by atoms with E-state index in [9.17, 15) is 9.59 Å². The number of hydrazone groups is 1. The minimum Gasteiger partial charge on any atom is -0.461 e. The van der Waals surface area contributed by atoms with E-state index >= 15 is 0 Å². The zero-order chi connectivity index (χ0) is 13.5. The number of hydrogen-bond acceptors (Lipinski definition) is 6. The van der Waals surface area contributed by atoms with E-state index in [1.807, 2.05) is 5.43 Å². The van der Waals surface area contributed by atoms with Gasteiger partial charge >= 0.3 is 12.1 Å². The third-order valence-corrected chi connectivity index (χ3v) is 1.23. The lowest BCUT2D eigenvalue weighted by atomic mass is 10.2. The van der Waals surface area contributed by atoms with Gasteiger partial charge in [-0.2, -0.15) is 10.4 Å². The molecule has 0 bridgehead atoms. The topological polar surface area (TPSA) is 101 Å². The third kappa shape index (κ3) is 6.89. The number of nitriles is 1. The Kier molecular flexibility index (Phi) is 5.68. The van der Waals surface area contributed by atoms with Crippen molar-refractivity contribution >= 4 is 17.8 Å². The summed E-state index contributed by atoms with van der Waals surface area (Å²) >= 11 is 0. The second-order valence-electron chi connectivity index (χ2n) is 3.91. The van der Waals surface area contributed by atoms with Gasteiger partial charge in [0.15, 0.2) is 0 Å². The van der Waals surface area contributed by atoms with Crippen LogP contribution in [-0.2, 0) is 14.3 Å². The maximum absolute atomic E-state index is 11.2. The van der Waals surface area contributed by atoms with Crippen LogP contribution in [0.4, 0.5) is 4.79 Å². The highest BCUT2D eigenvalue weighted by molar-refractivity contribution is 6.43. The number of rotatable bonds is 3. The molecule has 0 saturated heterocycles. The van der Waals surface area contributed by atoms with Crippen LogP contribution in [-0.4, -0.2) is 30.0 Å². The quantitative estimate of drug-likeness (QED) is 0.450. The lowest BCUT2D eigenvalue weighted by Gasteiger charge is -2.18. The molecule has 17 heavy (non-hydrogen) atoms. The van der Waals surface area contributed by atoms with Crippen LogP contribution in [0.5, 0.6) is 0 Å². The van der Waals surface area contributed by atoms with E-state index in [1.54, 1.807) is 27.7 Å². The normalized spacial score (nSPS) is 11.4. The number of amides is 1. The maximum atomic E-state index is 11.2. The zero-order valence-corrected chi connectivity index (χ0v) is 10.2. The van der Waals surface area contributed by atoms with Crippen LogP contribution in [0.3, 0.4) is 0 Å². The number of nitrogens with one attached hydrogen (secondary N) is 1. The smallest absolute Gasteiger partial charge is 0.428 e. The first-order valence-electron chi connectivity index (χ1n) is 4.94. The summed E-state index contributed by atoms with van der Waals surface area (Å²) in [7, 11) is 0. The van der Waals surface area contributed by atoms with E-state index in [-0.39, 0.29) is 6.61 Å². The second-order valence-corrected chi connectivity index (χ2v) is 3.91. The maximum Gasteiger partial charge on any atom is 0.428 e. The molecule has 0 aromatic heterocycles. The number of ether oxygens (including phenoxy) is 2. The molecule has 0 saturated carbocycles. The van der Waals surface area contributed by atoms with Gasteiger partial charge in [-0.1, -0.05) is 0 Å². The van der Waals surface area contributed by atoms with Gasteiger partial charge in [-0.25, -0.2) is 15.0 Å². The van der Waals surface area contributed by atoms with Gasteiger partial charge in [0, 0.05) is 0 Å². The Bertz CT molecular complexity index is 363. The molecule has 7 nitrogen and oxygen atoms in total.